The van der Waals surface area contributed by atoms with Gasteiger partial charge in [-0.15, -0.1) is 0 Å². The number of likely N-dealkylation sites (N-methyl/N-ethyl adjacent to an activating group) is 1. The third-order valence-electron chi connectivity index (χ3n) is 4.68. The monoisotopic (exact) mass is 340 g/mol. The van der Waals surface area contributed by atoms with Crippen molar-refractivity contribution in [1.82, 2.24) is 4.90 Å². The minimum Gasteiger partial charge on any atom is -0.326 e. The van der Waals surface area contributed by atoms with Crippen molar-refractivity contribution in [3.8, 4) is 0 Å². The van der Waals surface area contributed by atoms with Crippen LogP contribution >= 0.6 is 15.9 Å². The SMILES string of the molecule is CCN(CC)C(CC)(CC)C(N)Cc1ccc(Br)cc1. The Morgan fingerprint density at radius 1 is 1.05 bits per heavy atom. The summed E-state index contributed by atoms with van der Waals surface area (Å²) in [4.78, 5) is 2.54. The number of benzene rings is 1. The number of nitrogens with zero attached hydrogens (tertiary/aromatic N) is 1. The number of hydrogen-bond acceptors (Lipinski definition) is 2. The molecule has 0 heterocycles. The molecule has 0 aliphatic rings. The van der Waals surface area contributed by atoms with E-state index in [1.807, 2.05) is 0 Å². The molecule has 1 atom stereocenters. The Labute approximate surface area is 132 Å². The number of rotatable bonds is 8. The fourth-order valence-electron chi connectivity index (χ4n) is 3.37. The Kier molecular flexibility index (Phi) is 7.21. The van der Waals surface area contributed by atoms with E-state index < -0.39 is 0 Å². The van der Waals surface area contributed by atoms with Crippen LogP contribution in [0, 0.1) is 0 Å². The summed E-state index contributed by atoms with van der Waals surface area (Å²) in [7, 11) is 0. The van der Waals surface area contributed by atoms with E-state index in [1.165, 1.54) is 5.56 Å². The van der Waals surface area contributed by atoms with E-state index >= 15 is 0 Å². The summed E-state index contributed by atoms with van der Waals surface area (Å²) in [5, 5.41) is 0. The van der Waals surface area contributed by atoms with Crippen LogP contribution in [0.2, 0.25) is 0 Å². The van der Waals surface area contributed by atoms with Crippen molar-refractivity contribution in [2.45, 2.75) is 58.5 Å². The van der Waals surface area contributed by atoms with Crippen LogP contribution in [0.1, 0.15) is 46.1 Å². The molecule has 20 heavy (non-hydrogen) atoms. The smallest absolute Gasteiger partial charge is 0.0358 e. The number of halogens is 1. The first-order valence-corrected chi connectivity index (χ1v) is 8.58. The zero-order valence-electron chi connectivity index (χ0n) is 13.3. The maximum Gasteiger partial charge on any atom is 0.0358 e. The average Bonchev–Trinajstić information content (AvgIpc) is 2.47. The van der Waals surface area contributed by atoms with E-state index in [0.29, 0.717) is 0 Å². The second kappa shape index (κ2) is 8.16. The van der Waals surface area contributed by atoms with Crippen LogP contribution in [0.5, 0.6) is 0 Å². The largest absolute Gasteiger partial charge is 0.326 e. The van der Waals surface area contributed by atoms with Crippen molar-refractivity contribution >= 4 is 15.9 Å². The summed E-state index contributed by atoms with van der Waals surface area (Å²) in [6.07, 6.45) is 3.14. The lowest BCUT2D eigenvalue weighted by Crippen LogP contribution is -2.60. The van der Waals surface area contributed by atoms with Crippen molar-refractivity contribution in [3.63, 3.8) is 0 Å². The molecule has 0 aliphatic carbocycles. The van der Waals surface area contributed by atoms with Crippen molar-refractivity contribution in [1.29, 1.82) is 0 Å². The molecule has 1 unspecified atom stereocenters. The summed E-state index contributed by atoms with van der Waals surface area (Å²) < 4.78 is 1.12. The lowest BCUT2D eigenvalue weighted by atomic mass is 9.80. The molecule has 1 aromatic carbocycles. The Bertz CT molecular complexity index is 380. The van der Waals surface area contributed by atoms with E-state index in [-0.39, 0.29) is 11.6 Å². The molecule has 3 heteroatoms. The van der Waals surface area contributed by atoms with Gasteiger partial charge in [0, 0.05) is 16.1 Å². The molecule has 0 spiro atoms. The molecule has 1 aromatic rings. The van der Waals surface area contributed by atoms with Crippen LogP contribution < -0.4 is 5.73 Å². The summed E-state index contributed by atoms with van der Waals surface area (Å²) in [5.74, 6) is 0. The van der Waals surface area contributed by atoms with Gasteiger partial charge in [0.2, 0.25) is 0 Å². The molecule has 0 saturated carbocycles. The van der Waals surface area contributed by atoms with Crippen molar-refractivity contribution in [2.75, 3.05) is 13.1 Å². The highest BCUT2D eigenvalue weighted by Gasteiger charge is 2.37. The van der Waals surface area contributed by atoms with Crippen LogP contribution in [0.15, 0.2) is 28.7 Å². The van der Waals surface area contributed by atoms with E-state index in [1.54, 1.807) is 0 Å². The van der Waals surface area contributed by atoms with Crippen molar-refractivity contribution < 1.29 is 0 Å². The van der Waals surface area contributed by atoms with Gasteiger partial charge in [-0.25, -0.2) is 0 Å². The summed E-state index contributed by atoms with van der Waals surface area (Å²) in [5.41, 5.74) is 8.07. The van der Waals surface area contributed by atoms with E-state index in [0.717, 1.165) is 36.8 Å². The van der Waals surface area contributed by atoms with Gasteiger partial charge in [0.1, 0.15) is 0 Å². The molecule has 114 valence electrons. The molecule has 0 saturated heterocycles. The molecule has 1 rings (SSSR count). The van der Waals surface area contributed by atoms with Crippen molar-refractivity contribution in [3.05, 3.63) is 34.3 Å². The van der Waals surface area contributed by atoms with Gasteiger partial charge in [0.05, 0.1) is 0 Å². The predicted molar refractivity (Wildman–Crippen MR) is 92.1 cm³/mol. The molecule has 2 nitrogen and oxygen atoms in total. The van der Waals surface area contributed by atoms with E-state index in [2.05, 4.69) is 72.8 Å². The number of nitrogens with two attached hydrogens (primary N) is 1. The Balaban J connectivity index is 2.93. The number of hydrogen-bond donors (Lipinski definition) is 1. The van der Waals surface area contributed by atoms with Crippen LogP contribution in [-0.4, -0.2) is 29.6 Å². The molecule has 0 aromatic heterocycles. The molecule has 0 amide bonds. The summed E-state index contributed by atoms with van der Waals surface area (Å²) in [6, 6.07) is 8.70. The lowest BCUT2D eigenvalue weighted by Gasteiger charge is -2.46. The Morgan fingerprint density at radius 3 is 1.95 bits per heavy atom. The molecular weight excluding hydrogens is 312 g/mol. The maximum atomic E-state index is 6.64. The van der Waals surface area contributed by atoms with Gasteiger partial charge in [-0.05, 0) is 50.0 Å². The second-order valence-electron chi connectivity index (χ2n) is 5.42. The third-order valence-corrected chi connectivity index (χ3v) is 5.21. The Morgan fingerprint density at radius 2 is 1.55 bits per heavy atom. The molecular formula is C17H29BrN2. The topological polar surface area (TPSA) is 29.3 Å². The van der Waals surface area contributed by atoms with Gasteiger partial charge in [-0.3, -0.25) is 4.90 Å². The zero-order valence-corrected chi connectivity index (χ0v) is 14.9. The summed E-state index contributed by atoms with van der Waals surface area (Å²) in [6.45, 7) is 11.1. The standard InChI is InChI=1S/C17H29BrN2/c1-5-17(6-2,20(7-3)8-4)16(19)13-14-9-11-15(18)12-10-14/h9-12,16H,5-8,13,19H2,1-4H3. The van der Waals surface area contributed by atoms with Gasteiger partial charge >= 0.3 is 0 Å². The fourth-order valence-corrected chi connectivity index (χ4v) is 3.64. The first-order valence-electron chi connectivity index (χ1n) is 7.79. The first-order chi connectivity index (χ1) is 9.53. The first kappa shape index (κ1) is 17.7. The minimum absolute atomic E-state index is 0.108. The predicted octanol–water partition coefficient (Wildman–Crippen LogP) is 4.22. The highest BCUT2D eigenvalue weighted by atomic mass is 79.9. The van der Waals surface area contributed by atoms with Crippen LogP contribution in [0.25, 0.3) is 0 Å². The second-order valence-corrected chi connectivity index (χ2v) is 6.34. The molecule has 0 fully saturated rings. The maximum absolute atomic E-state index is 6.64. The van der Waals surface area contributed by atoms with Crippen LogP contribution in [-0.2, 0) is 6.42 Å². The van der Waals surface area contributed by atoms with Crippen molar-refractivity contribution in [2.24, 2.45) is 5.73 Å². The Hall–Kier alpha value is -0.380. The van der Waals surface area contributed by atoms with Gasteiger partial charge in [-0.1, -0.05) is 55.8 Å². The van der Waals surface area contributed by atoms with Gasteiger partial charge < -0.3 is 5.73 Å². The van der Waals surface area contributed by atoms with Crippen LogP contribution in [0.4, 0.5) is 0 Å². The highest BCUT2D eigenvalue weighted by molar-refractivity contribution is 9.10. The van der Waals surface area contributed by atoms with Gasteiger partial charge in [0.15, 0.2) is 0 Å². The normalized spacial score (nSPS) is 13.8. The molecule has 0 bridgehead atoms. The van der Waals surface area contributed by atoms with E-state index in [9.17, 15) is 0 Å². The van der Waals surface area contributed by atoms with Gasteiger partial charge in [-0.2, -0.15) is 0 Å². The van der Waals surface area contributed by atoms with E-state index in [4.69, 9.17) is 5.73 Å². The fraction of sp³-hybridized carbons (Fsp3) is 0.647. The lowest BCUT2D eigenvalue weighted by molar-refractivity contribution is 0.0628. The molecule has 0 radical (unpaired) electrons. The highest BCUT2D eigenvalue weighted by Crippen LogP contribution is 2.29. The van der Waals surface area contributed by atoms with Gasteiger partial charge in [0.25, 0.3) is 0 Å². The molecule has 2 N–H and O–H groups in total. The zero-order chi connectivity index (χ0) is 15.2. The quantitative estimate of drug-likeness (QED) is 0.767. The minimum atomic E-state index is 0.108. The summed E-state index contributed by atoms with van der Waals surface area (Å²) >= 11 is 3.48. The average molecular weight is 341 g/mol. The molecule has 0 aliphatic heterocycles. The third kappa shape index (κ3) is 3.84. The van der Waals surface area contributed by atoms with Crippen LogP contribution in [0.3, 0.4) is 0 Å².